The highest BCUT2D eigenvalue weighted by Crippen LogP contribution is 2.14. The Bertz CT molecular complexity index is 360. The molecule has 0 saturated carbocycles. The Morgan fingerprint density at radius 1 is 0.481 bits per heavy atom. The van der Waals surface area contributed by atoms with Crippen LogP contribution in [0, 0.1) is 0 Å². The second-order valence-corrected chi connectivity index (χ2v) is 29.1. The lowest BCUT2D eigenvalue weighted by Crippen LogP contribution is -2.59. The van der Waals surface area contributed by atoms with Gasteiger partial charge in [-0.2, -0.15) is 0 Å². The second kappa shape index (κ2) is 12.4. The van der Waals surface area contributed by atoms with E-state index >= 15 is 0 Å². The Balaban J connectivity index is 3.91. The third-order valence-corrected chi connectivity index (χ3v) is 14.4. The Hall–Kier alpha value is 0.668. The molecule has 0 rings (SSSR count). The molecule has 0 amide bonds. The van der Waals surface area contributed by atoms with E-state index in [4.69, 9.17) is 18.3 Å². The van der Waals surface area contributed by atoms with Crippen molar-refractivity contribution in [2.45, 2.75) is 77.6 Å². The van der Waals surface area contributed by atoms with Crippen molar-refractivity contribution in [1.29, 1.82) is 0 Å². The van der Waals surface area contributed by atoms with Gasteiger partial charge >= 0.3 is 0 Å². The molecule has 1 N–H and O–H groups in total. The van der Waals surface area contributed by atoms with Crippen molar-refractivity contribution >= 4 is 33.1 Å². The van der Waals surface area contributed by atoms with E-state index in [1.165, 1.54) is 0 Å². The number of rotatable bonds is 16. The highest BCUT2D eigenvalue weighted by atomic mass is 28.4. The predicted molar refractivity (Wildman–Crippen MR) is 128 cm³/mol. The Kier molecular flexibility index (Phi) is 12.7. The van der Waals surface area contributed by atoms with Gasteiger partial charge in [-0.15, -0.1) is 0 Å². The zero-order chi connectivity index (χ0) is 21.2. The molecule has 0 radical (unpaired) electrons. The van der Waals surface area contributed by atoms with Crippen LogP contribution >= 0.6 is 0 Å². The van der Waals surface area contributed by atoms with Crippen molar-refractivity contribution in [3.8, 4) is 0 Å². The molecule has 0 spiro atoms. The van der Waals surface area contributed by atoms with Gasteiger partial charge in [-0.05, 0) is 51.4 Å². The normalized spacial score (nSPS) is 14.0. The Morgan fingerprint density at radius 2 is 0.815 bits per heavy atom. The maximum Gasteiger partial charge on any atom is 0.183 e. The fourth-order valence-electron chi connectivity index (χ4n) is 2.71. The van der Waals surface area contributed by atoms with Gasteiger partial charge in [0.25, 0.3) is 0 Å². The molecule has 0 fully saturated rings. The minimum atomic E-state index is -1.46. The Morgan fingerprint density at radius 3 is 1.11 bits per heavy atom. The molecule has 0 heterocycles. The molecule has 0 aliphatic rings. The molecular weight excluding hydrogens is 407 g/mol. The maximum atomic E-state index is 5.83. The van der Waals surface area contributed by atoms with Crippen molar-refractivity contribution in [2.24, 2.45) is 0 Å². The van der Waals surface area contributed by atoms with E-state index in [1.54, 1.807) is 0 Å². The summed E-state index contributed by atoms with van der Waals surface area (Å²) in [6, 6.07) is 2.28. The standard InChI is InChI=1S/C18H47NO4Si4/c1-24(2,3)22-13-11-20-15-17-26(7,8)19-27(9,10)18-16-21-12-14-23-25(4,5)6/h19H,11-18H2,1-10H3. The van der Waals surface area contributed by atoms with Crippen LogP contribution in [0.25, 0.3) is 0 Å². The van der Waals surface area contributed by atoms with Crippen molar-refractivity contribution < 1.29 is 18.3 Å². The van der Waals surface area contributed by atoms with Gasteiger partial charge in [-0.25, -0.2) is 0 Å². The van der Waals surface area contributed by atoms with Gasteiger partial charge in [-0.1, -0.05) is 26.2 Å². The van der Waals surface area contributed by atoms with Gasteiger partial charge in [0, 0.05) is 13.2 Å². The monoisotopic (exact) mass is 453 g/mol. The summed E-state index contributed by atoms with van der Waals surface area (Å²) in [5.74, 6) is 0. The first kappa shape index (κ1) is 27.7. The summed E-state index contributed by atoms with van der Waals surface area (Å²) in [6.07, 6.45) is 0. The molecule has 27 heavy (non-hydrogen) atoms. The van der Waals surface area contributed by atoms with Crippen LogP contribution in [0.1, 0.15) is 0 Å². The average molecular weight is 454 g/mol. The molecule has 0 aliphatic heterocycles. The topological polar surface area (TPSA) is 49.0 Å². The van der Waals surface area contributed by atoms with Crippen LogP contribution < -0.4 is 4.65 Å². The number of hydrogen-bond acceptors (Lipinski definition) is 5. The van der Waals surface area contributed by atoms with E-state index in [1.807, 2.05) is 0 Å². The summed E-state index contributed by atoms with van der Waals surface area (Å²) in [5.41, 5.74) is 0. The summed E-state index contributed by atoms with van der Waals surface area (Å²) in [6.45, 7) is 27.4. The third-order valence-electron chi connectivity index (χ3n) is 3.95. The van der Waals surface area contributed by atoms with Crippen LogP contribution in [0.3, 0.4) is 0 Å². The highest BCUT2D eigenvalue weighted by Gasteiger charge is 2.30. The van der Waals surface area contributed by atoms with E-state index in [0.717, 1.165) is 38.5 Å². The molecule has 0 saturated heterocycles. The third kappa shape index (κ3) is 19.7. The number of hydrogen-bond donors (Lipinski definition) is 1. The molecule has 5 nitrogen and oxygen atoms in total. The van der Waals surface area contributed by atoms with Gasteiger partial charge in [-0.3, -0.25) is 0 Å². The summed E-state index contributed by atoms with van der Waals surface area (Å²) >= 11 is 0. The highest BCUT2D eigenvalue weighted by molar-refractivity contribution is 6.91. The minimum absolute atomic E-state index is 0.711. The predicted octanol–water partition coefficient (Wildman–Crippen LogP) is 4.72. The fourth-order valence-corrected chi connectivity index (χ4v) is 13.7. The van der Waals surface area contributed by atoms with E-state index in [-0.39, 0.29) is 0 Å². The van der Waals surface area contributed by atoms with Crippen LogP contribution in [-0.2, 0) is 18.3 Å². The largest absolute Gasteiger partial charge is 0.415 e. The number of nitrogens with one attached hydrogen (secondary N) is 1. The molecule has 9 heteroatoms. The first-order valence-electron chi connectivity index (χ1n) is 10.3. The first-order valence-corrected chi connectivity index (χ1v) is 23.6. The zero-order valence-corrected chi connectivity index (χ0v) is 23.8. The zero-order valence-electron chi connectivity index (χ0n) is 19.8. The molecule has 0 bridgehead atoms. The van der Waals surface area contributed by atoms with Gasteiger partial charge in [0.2, 0.25) is 0 Å². The summed E-state index contributed by atoms with van der Waals surface area (Å²) < 4.78 is 27.3. The molecule has 0 aromatic rings. The molecule has 0 atom stereocenters. The molecule has 0 aromatic carbocycles. The van der Waals surface area contributed by atoms with E-state index in [2.05, 4.69) is 70.1 Å². The average Bonchev–Trinajstić information content (AvgIpc) is 2.43. The van der Waals surface area contributed by atoms with Crippen LogP contribution in [0.15, 0.2) is 0 Å². The maximum absolute atomic E-state index is 5.83. The quantitative estimate of drug-likeness (QED) is 0.270. The van der Waals surface area contributed by atoms with Crippen LogP contribution in [0.4, 0.5) is 0 Å². The fraction of sp³-hybridized carbons (Fsp3) is 1.00. The van der Waals surface area contributed by atoms with Gasteiger partial charge in [0.15, 0.2) is 16.6 Å². The number of ether oxygens (including phenoxy) is 2. The SMILES string of the molecule is C[Si](C)(CCOCCO[Si](C)(C)C)N[Si](C)(C)CCOCCO[Si](C)(C)C. The summed E-state index contributed by atoms with van der Waals surface area (Å²) in [4.78, 5) is 0. The summed E-state index contributed by atoms with van der Waals surface area (Å²) in [5, 5.41) is 0. The van der Waals surface area contributed by atoms with Crippen molar-refractivity contribution in [3.63, 3.8) is 0 Å². The van der Waals surface area contributed by atoms with E-state index in [9.17, 15) is 0 Å². The van der Waals surface area contributed by atoms with E-state index < -0.39 is 33.1 Å². The lowest BCUT2D eigenvalue weighted by atomic mass is 10.7. The van der Waals surface area contributed by atoms with Crippen molar-refractivity contribution in [3.05, 3.63) is 0 Å². The Labute approximate surface area is 173 Å². The first-order chi connectivity index (χ1) is 12.1. The van der Waals surface area contributed by atoms with Gasteiger partial charge in [0.05, 0.1) is 26.4 Å². The molecule has 0 aliphatic carbocycles. The molecular formula is C18H47NO4Si4. The minimum Gasteiger partial charge on any atom is -0.415 e. The smallest absolute Gasteiger partial charge is 0.183 e. The lowest BCUT2D eigenvalue weighted by molar-refractivity contribution is 0.106. The molecule has 164 valence electrons. The van der Waals surface area contributed by atoms with Gasteiger partial charge in [0.1, 0.15) is 16.5 Å². The molecule has 0 aromatic heterocycles. The van der Waals surface area contributed by atoms with Gasteiger partial charge < -0.3 is 23.0 Å². The van der Waals surface area contributed by atoms with Crippen LogP contribution in [-0.4, -0.2) is 72.7 Å². The lowest BCUT2D eigenvalue weighted by Gasteiger charge is -2.34. The van der Waals surface area contributed by atoms with Crippen LogP contribution in [0.5, 0.6) is 0 Å². The van der Waals surface area contributed by atoms with Crippen LogP contribution in [0.2, 0.25) is 77.6 Å². The summed E-state index contributed by atoms with van der Waals surface area (Å²) in [7, 11) is -5.74. The van der Waals surface area contributed by atoms with Crippen molar-refractivity contribution in [1.82, 2.24) is 4.65 Å². The van der Waals surface area contributed by atoms with Crippen molar-refractivity contribution in [2.75, 3.05) is 39.6 Å². The molecule has 0 unspecified atom stereocenters. The van der Waals surface area contributed by atoms with E-state index in [0.29, 0.717) is 13.2 Å². The second-order valence-electron chi connectivity index (χ2n) is 10.5.